The highest BCUT2D eigenvalue weighted by atomic mass is 16.8. The Labute approximate surface area is 99.2 Å². The van der Waals surface area contributed by atoms with Crippen LogP contribution in [-0.2, 0) is 28.5 Å². The second-order valence-corrected chi connectivity index (χ2v) is 4.64. The van der Waals surface area contributed by atoms with Crippen LogP contribution in [0.5, 0.6) is 0 Å². The van der Waals surface area contributed by atoms with Gasteiger partial charge in [-0.15, -0.1) is 0 Å². The van der Waals surface area contributed by atoms with Crippen molar-refractivity contribution in [1.29, 1.82) is 0 Å². The molecule has 2 aliphatic heterocycles. The summed E-state index contributed by atoms with van der Waals surface area (Å²) >= 11 is 0. The number of hydrogen-bond acceptors (Lipinski definition) is 6. The summed E-state index contributed by atoms with van der Waals surface area (Å²) in [5.74, 6) is -3.15. The molecule has 2 saturated heterocycles. The zero-order valence-electron chi connectivity index (χ0n) is 10.1. The molecule has 0 radical (unpaired) electrons. The molecule has 2 heterocycles. The number of ketones is 1. The molecule has 0 aromatic heterocycles. The van der Waals surface area contributed by atoms with E-state index in [1.54, 1.807) is 13.8 Å². The fourth-order valence-corrected chi connectivity index (χ4v) is 2.01. The van der Waals surface area contributed by atoms with E-state index in [4.69, 9.17) is 18.9 Å². The van der Waals surface area contributed by atoms with Crippen LogP contribution in [0.3, 0.4) is 0 Å². The van der Waals surface area contributed by atoms with Gasteiger partial charge in [0.1, 0.15) is 6.61 Å². The van der Waals surface area contributed by atoms with Crippen LogP contribution in [0.25, 0.3) is 0 Å². The van der Waals surface area contributed by atoms with Crippen LogP contribution < -0.4 is 0 Å². The second kappa shape index (κ2) is 4.04. The van der Waals surface area contributed by atoms with Crippen LogP contribution in [-0.4, -0.2) is 42.6 Å². The minimum absolute atomic E-state index is 0.0244. The van der Waals surface area contributed by atoms with Gasteiger partial charge in [-0.3, -0.25) is 9.59 Å². The molecule has 6 heteroatoms. The molecule has 1 spiro atoms. The molecule has 17 heavy (non-hydrogen) atoms. The zero-order chi connectivity index (χ0) is 12.7. The summed E-state index contributed by atoms with van der Waals surface area (Å²) in [7, 11) is 0. The number of hydrogen-bond donors (Lipinski definition) is 0. The molecule has 2 fully saturated rings. The van der Waals surface area contributed by atoms with E-state index in [0.717, 1.165) is 0 Å². The molecule has 0 amide bonds. The lowest BCUT2D eigenvalue weighted by Crippen LogP contribution is -2.55. The quantitative estimate of drug-likeness (QED) is 0.621. The number of carbonyl (C=O) groups is 2. The largest absolute Gasteiger partial charge is 0.454 e. The maximum absolute atomic E-state index is 12.2. The third kappa shape index (κ3) is 2.34. The molecule has 2 atom stereocenters. The Morgan fingerprint density at radius 1 is 1.41 bits per heavy atom. The summed E-state index contributed by atoms with van der Waals surface area (Å²) in [5.41, 5.74) is 0. The highest BCUT2D eigenvalue weighted by Crippen LogP contribution is 2.36. The summed E-state index contributed by atoms with van der Waals surface area (Å²) < 4.78 is 21.2. The number of esters is 1. The van der Waals surface area contributed by atoms with Crippen LogP contribution in [0.1, 0.15) is 27.2 Å². The van der Waals surface area contributed by atoms with E-state index in [1.165, 1.54) is 6.92 Å². The van der Waals surface area contributed by atoms with Gasteiger partial charge in [0.15, 0.2) is 11.9 Å². The Kier molecular flexibility index (Phi) is 2.97. The Hall–Kier alpha value is -0.980. The van der Waals surface area contributed by atoms with Gasteiger partial charge in [-0.2, -0.15) is 0 Å². The van der Waals surface area contributed by atoms with Crippen molar-refractivity contribution >= 4 is 11.8 Å². The third-order valence-corrected chi connectivity index (χ3v) is 2.71. The summed E-state index contributed by atoms with van der Waals surface area (Å²) in [6.45, 7) is 4.99. The predicted molar refractivity (Wildman–Crippen MR) is 55.0 cm³/mol. The van der Waals surface area contributed by atoms with Gasteiger partial charge in [-0.05, 0) is 13.8 Å². The van der Waals surface area contributed by atoms with Crippen molar-refractivity contribution in [3.05, 3.63) is 0 Å². The molecule has 0 aromatic carbocycles. The lowest BCUT2D eigenvalue weighted by atomic mass is 10.0. The second-order valence-electron chi connectivity index (χ2n) is 4.64. The smallest absolute Gasteiger partial charge is 0.303 e. The molecule has 2 rings (SSSR count). The van der Waals surface area contributed by atoms with Crippen molar-refractivity contribution in [2.24, 2.45) is 0 Å². The first-order valence-electron chi connectivity index (χ1n) is 5.54. The van der Waals surface area contributed by atoms with E-state index in [1.807, 2.05) is 0 Å². The first-order valence-corrected chi connectivity index (χ1v) is 5.54. The first kappa shape index (κ1) is 12.5. The minimum atomic E-state index is -1.41. The van der Waals surface area contributed by atoms with Gasteiger partial charge in [-0.1, -0.05) is 0 Å². The van der Waals surface area contributed by atoms with Crippen molar-refractivity contribution in [3.63, 3.8) is 0 Å². The lowest BCUT2D eigenvalue weighted by molar-refractivity contribution is -0.259. The topological polar surface area (TPSA) is 71.1 Å². The Morgan fingerprint density at radius 3 is 2.65 bits per heavy atom. The van der Waals surface area contributed by atoms with Crippen LogP contribution in [0, 0.1) is 0 Å². The SMILES string of the molecule is CC(=O)O[C@@H]1CCO[C@]2(COC(C)(C)O2)C1=O. The predicted octanol–water partition coefficient (Wildman–Crippen LogP) is 0.387. The molecule has 0 aliphatic carbocycles. The van der Waals surface area contributed by atoms with E-state index < -0.39 is 23.6 Å². The van der Waals surface area contributed by atoms with E-state index in [2.05, 4.69) is 0 Å². The molecule has 96 valence electrons. The van der Waals surface area contributed by atoms with Gasteiger partial charge in [0.2, 0.25) is 5.78 Å². The normalized spacial score (nSPS) is 36.2. The molecular weight excluding hydrogens is 228 g/mol. The fourth-order valence-electron chi connectivity index (χ4n) is 2.01. The Bertz CT molecular complexity index is 350. The third-order valence-electron chi connectivity index (χ3n) is 2.71. The highest BCUT2D eigenvalue weighted by Gasteiger charge is 2.56. The average Bonchev–Trinajstić information content (AvgIpc) is 2.51. The van der Waals surface area contributed by atoms with Gasteiger partial charge in [0.25, 0.3) is 5.79 Å². The zero-order valence-corrected chi connectivity index (χ0v) is 10.1. The minimum Gasteiger partial charge on any atom is -0.454 e. The van der Waals surface area contributed by atoms with E-state index in [9.17, 15) is 9.59 Å². The van der Waals surface area contributed by atoms with E-state index in [-0.39, 0.29) is 12.4 Å². The fraction of sp³-hybridized carbons (Fsp3) is 0.818. The summed E-state index contributed by atoms with van der Waals surface area (Å²) in [6.07, 6.45) is -0.456. The van der Waals surface area contributed by atoms with Crippen molar-refractivity contribution in [1.82, 2.24) is 0 Å². The van der Waals surface area contributed by atoms with Gasteiger partial charge in [-0.25, -0.2) is 0 Å². The number of rotatable bonds is 1. The molecule has 0 saturated carbocycles. The van der Waals surface area contributed by atoms with Gasteiger partial charge in [0, 0.05) is 13.3 Å². The number of carbonyl (C=O) groups excluding carboxylic acids is 2. The van der Waals surface area contributed by atoms with Crippen LogP contribution >= 0.6 is 0 Å². The molecule has 0 aromatic rings. The van der Waals surface area contributed by atoms with Gasteiger partial charge < -0.3 is 18.9 Å². The van der Waals surface area contributed by atoms with Crippen LogP contribution in [0.15, 0.2) is 0 Å². The highest BCUT2D eigenvalue weighted by molar-refractivity contribution is 5.92. The molecular formula is C11H16O6. The van der Waals surface area contributed by atoms with Crippen molar-refractivity contribution in [2.75, 3.05) is 13.2 Å². The molecule has 2 aliphatic rings. The van der Waals surface area contributed by atoms with Gasteiger partial charge in [0.05, 0.1) is 6.61 Å². The molecule has 6 nitrogen and oxygen atoms in total. The van der Waals surface area contributed by atoms with Crippen LogP contribution in [0.2, 0.25) is 0 Å². The van der Waals surface area contributed by atoms with E-state index >= 15 is 0 Å². The first-order chi connectivity index (χ1) is 7.85. The molecule has 0 unspecified atom stereocenters. The van der Waals surface area contributed by atoms with E-state index in [0.29, 0.717) is 13.0 Å². The van der Waals surface area contributed by atoms with Crippen LogP contribution in [0.4, 0.5) is 0 Å². The van der Waals surface area contributed by atoms with Crippen molar-refractivity contribution in [2.45, 2.75) is 44.9 Å². The monoisotopic (exact) mass is 244 g/mol. The maximum atomic E-state index is 12.2. The Morgan fingerprint density at radius 2 is 2.12 bits per heavy atom. The van der Waals surface area contributed by atoms with Crippen molar-refractivity contribution in [3.8, 4) is 0 Å². The lowest BCUT2D eigenvalue weighted by Gasteiger charge is -2.34. The maximum Gasteiger partial charge on any atom is 0.303 e. The summed E-state index contributed by atoms with van der Waals surface area (Å²) in [4.78, 5) is 23.1. The number of Topliss-reactive ketones (excluding diaryl/α,β-unsaturated/α-hetero) is 1. The Balaban J connectivity index is 2.14. The molecule has 0 bridgehead atoms. The average molecular weight is 244 g/mol. The standard InChI is InChI=1S/C11H16O6/c1-7(12)16-8-4-5-14-11(9(8)13)6-15-10(2,3)17-11/h8H,4-6H2,1-3H3/t8-,11+/m1/s1. The van der Waals surface area contributed by atoms with Gasteiger partial charge >= 0.3 is 5.97 Å². The summed E-state index contributed by atoms with van der Waals surface area (Å²) in [5, 5.41) is 0. The van der Waals surface area contributed by atoms with Crippen molar-refractivity contribution < 1.29 is 28.5 Å². The number of ether oxygens (including phenoxy) is 4. The molecule has 0 N–H and O–H groups in total. The summed E-state index contributed by atoms with van der Waals surface area (Å²) in [6, 6.07) is 0.